The van der Waals surface area contributed by atoms with Crippen molar-refractivity contribution in [1.82, 2.24) is 20.3 Å². The molecular formula is C23H22N4O3. The summed E-state index contributed by atoms with van der Waals surface area (Å²) in [5, 5.41) is 11.2. The van der Waals surface area contributed by atoms with Crippen molar-refractivity contribution < 1.29 is 14.3 Å². The Labute approximate surface area is 174 Å². The summed E-state index contributed by atoms with van der Waals surface area (Å²) in [5.74, 6) is 1.30. The van der Waals surface area contributed by atoms with Gasteiger partial charge in [-0.15, -0.1) is 5.10 Å². The number of hydrogen-bond donors (Lipinski definition) is 1. The van der Waals surface area contributed by atoms with Gasteiger partial charge in [0, 0.05) is 11.6 Å². The van der Waals surface area contributed by atoms with Crippen molar-refractivity contribution in [1.29, 1.82) is 0 Å². The van der Waals surface area contributed by atoms with Gasteiger partial charge in [0.25, 0.3) is 5.91 Å². The Balaban J connectivity index is 1.28. The van der Waals surface area contributed by atoms with Crippen LogP contribution in [0, 0.1) is 0 Å². The smallest absolute Gasteiger partial charge is 0.251 e. The van der Waals surface area contributed by atoms with Crippen LogP contribution in [0.3, 0.4) is 0 Å². The molecule has 4 aromatic rings. The van der Waals surface area contributed by atoms with Gasteiger partial charge in [0.15, 0.2) is 0 Å². The third-order valence-corrected chi connectivity index (χ3v) is 4.67. The Kier molecular flexibility index (Phi) is 5.89. The SMILES string of the molecule is COc1cccc(OCCNC(=O)c2ccc(Cn3nnc4ccccc43)cc2)c1. The molecule has 3 aromatic carbocycles. The van der Waals surface area contributed by atoms with Crippen molar-refractivity contribution in [3.63, 3.8) is 0 Å². The molecule has 1 amide bonds. The van der Waals surface area contributed by atoms with E-state index in [9.17, 15) is 4.79 Å². The molecule has 0 fully saturated rings. The van der Waals surface area contributed by atoms with E-state index in [1.165, 1.54) is 0 Å². The maximum atomic E-state index is 12.3. The molecule has 0 atom stereocenters. The first-order valence-electron chi connectivity index (χ1n) is 9.65. The van der Waals surface area contributed by atoms with E-state index in [1.807, 2.05) is 71.4 Å². The van der Waals surface area contributed by atoms with Gasteiger partial charge in [-0.05, 0) is 42.0 Å². The molecule has 0 saturated carbocycles. The first-order chi connectivity index (χ1) is 14.7. The fourth-order valence-corrected chi connectivity index (χ4v) is 3.10. The highest BCUT2D eigenvalue weighted by atomic mass is 16.5. The van der Waals surface area contributed by atoms with Gasteiger partial charge in [0.2, 0.25) is 0 Å². The first-order valence-corrected chi connectivity index (χ1v) is 9.65. The normalized spacial score (nSPS) is 10.7. The van der Waals surface area contributed by atoms with E-state index in [4.69, 9.17) is 9.47 Å². The zero-order valence-electron chi connectivity index (χ0n) is 16.6. The van der Waals surface area contributed by atoms with Crippen molar-refractivity contribution in [3.8, 4) is 11.5 Å². The lowest BCUT2D eigenvalue weighted by Gasteiger charge is -2.09. The Morgan fingerprint density at radius 3 is 2.63 bits per heavy atom. The molecule has 0 unspecified atom stereocenters. The monoisotopic (exact) mass is 402 g/mol. The van der Waals surface area contributed by atoms with Gasteiger partial charge in [-0.25, -0.2) is 4.68 Å². The third kappa shape index (κ3) is 4.57. The summed E-state index contributed by atoms with van der Waals surface area (Å²) < 4.78 is 12.6. The Bertz CT molecular complexity index is 1140. The quantitative estimate of drug-likeness (QED) is 0.458. The number of carbonyl (C=O) groups excluding carboxylic acids is 1. The minimum atomic E-state index is -0.137. The summed E-state index contributed by atoms with van der Waals surface area (Å²) >= 11 is 0. The van der Waals surface area contributed by atoms with Crippen LogP contribution in [-0.2, 0) is 6.54 Å². The van der Waals surface area contributed by atoms with Gasteiger partial charge >= 0.3 is 0 Å². The molecule has 0 spiro atoms. The lowest BCUT2D eigenvalue weighted by atomic mass is 10.1. The molecule has 1 heterocycles. The molecule has 30 heavy (non-hydrogen) atoms. The lowest BCUT2D eigenvalue weighted by Crippen LogP contribution is -2.28. The Hall–Kier alpha value is -3.87. The number of aromatic nitrogens is 3. The summed E-state index contributed by atoms with van der Waals surface area (Å²) in [6.07, 6.45) is 0. The van der Waals surface area contributed by atoms with Gasteiger partial charge < -0.3 is 14.8 Å². The molecule has 0 aliphatic rings. The molecule has 152 valence electrons. The molecule has 7 nitrogen and oxygen atoms in total. The third-order valence-electron chi connectivity index (χ3n) is 4.67. The lowest BCUT2D eigenvalue weighted by molar-refractivity contribution is 0.0947. The van der Waals surface area contributed by atoms with Crippen LogP contribution < -0.4 is 14.8 Å². The number of ether oxygens (including phenoxy) is 2. The number of para-hydroxylation sites is 1. The topological polar surface area (TPSA) is 78.3 Å². The maximum Gasteiger partial charge on any atom is 0.251 e. The second-order valence-electron chi connectivity index (χ2n) is 6.72. The fourth-order valence-electron chi connectivity index (χ4n) is 3.10. The van der Waals surface area contributed by atoms with Crippen molar-refractivity contribution in [2.24, 2.45) is 0 Å². The second-order valence-corrected chi connectivity index (χ2v) is 6.72. The van der Waals surface area contributed by atoms with Gasteiger partial charge in [-0.1, -0.05) is 35.5 Å². The van der Waals surface area contributed by atoms with Crippen LogP contribution in [-0.4, -0.2) is 41.2 Å². The average Bonchev–Trinajstić information content (AvgIpc) is 3.20. The molecule has 0 radical (unpaired) electrons. The summed E-state index contributed by atoms with van der Waals surface area (Å²) in [6, 6.07) is 22.7. The standard InChI is InChI=1S/C23H22N4O3/c1-29-19-5-4-6-20(15-19)30-14-13-24-23(28)18-11-9-17(10-12-18)16-27-22-8-3-2-7-21(22)25-26-27/h2-12,15H,13-14,16H2,1H3,(H,24,28). The Morgan fingerprint density at radius 2 is 1.80 bits per heavy atom. The highest BCUT2D eigenvalue weighted by Crippen LogP contribution is 2.18. The van der Waals surface area contributed by atoms with Gasteiger partial charge in [-0.3, -0.25) is 4.79 Å². The van der Waals surface area contributed by atoms with Crippen LogP contribution in [0.1, 0.15) is 15.9 Å². The molecule has 1 N–H and O–H groups in total. The van der Waals surface area contributed by atoms with Crippen LogP contribution in [0.2, 0.25) is 0 Å². The molecule has 7 heteroatoms. The number of methoxy groups -OCH3 is 1. The molecule has 0 aliphatic carbocycles. The van der Waals surface area contributed by atoms with E-state index < -0.39 is 0 Å². The molecule has 4 rings (SSSR count). The van der Waals surface area contributed by atoms with Crippen LogP contribution in [0.25, 0.3) is 11.0 Å². The number of nitrogens with one attached hydrogen (secondary N) is 1. The van der Waals surface area contributed by atoms with Gasteiger partial charge in [0.1, 0.15) is 23.6 Å². The first kappa shape index (κ1) is 19.4. The van der Waals surface area contributed by atoms with E-state index in [0.29, 0.717) is 31.0 Å². The van der Waals surface area contributed by atoms with Gasteiger partial charge in [-0.2, -0.15) is 0 Å². The summed E-state index contributed by atoms with van der Waals surface area (Å²) in [6.45, 7) is 1.37. The highest BCUT2D eigenvalue weighted by molar-refractivity contribution is 5.94. The minimum absolute atomic E-state index is 0.137. The largest absolute Gasteiger partial charge is 0.497 e. The zero-order valence-corrected chi connectivity index (χ0v) is 16.6. The van der Waals surface area contributed by atoms with Crippen LogP contribution >= 0.6 is 0 Å². The second kappa shape index (κ2) is 9.09. The van der Waals surface area contributed by atoms with Crippen LogP contribution in [0.15, 0.2) is 72.8 Å². The predicted molar refractivity (Wildman–Crippen MR) is 114 cm³/mol. The number of rotatable bonds is 8. The van der Waals surface area contributed by atoms with E-state index >= 15 is 0 Å². The van der Waals surface area contributed by atoms with Gasteiger partial charge in [0.05, 0.1) is 25.7 Å². The number of fused-ring (bicyclic) bond motifs is 1. The minimum Gasteiger partial charge on any atom is -0.497 e. The zero-order chi connectivity index (χ0) is 20.8. The number of benzene rings is 3. The molecule has 0 saturated heterocycles. The molecular weight excluding hydrogens is 380 g/mol. The van der Waals surface area contributed by atoms with E-state index in [1.54, 1.807) is 13.2 Å². The van der Waals surface area contributed by atoms with Crippen LogP contribution in [0.5, 0.6) is 11.5 Å². The highest BCUT2D eigenvalue weighted by Gasteiger charge is 2.07. The number of hydrogen-bond acceptors (Lipinski definition) is 5. The van der Waals surface area contributed by atoms with Crippen molar-refractivity contribution in [3.05, 3.63) is 83.9 Å². The Morgan fingerprint density at radius 1 is 1.00 bits per heavy atom. The van der Waals surface area contributed by atoms with Crippen molar-refractivity contribution in [2.45, 2.75) is 6.54 Å². The van der Waals surface area contributed by atoms with Crippen molar-refractivity contribution in [2.75, 3.05) is 20.3 Å². The number of carbonyl (C=O) groups is 1. The van der Waals surface area contributed by atoms with Crippen molar-refractivity contribution >= 4 is 16.9 Å². The predicted octanol–water partition coefficient (Wildman–Crippen LogP) is 3.30. The average molecular weight is 402 g/mol. The van der Waals surface area contributed by atoms with Crippen LogP contribution in [0.4, 0.5) is 0 Å². The van der Waals surface area contributed by atoms with E-state index in [2.05, 4.69) is 15.6 Å². The summed E-state index contributed by atoms with van der Waals surface area (Å²) in [4.78, 5) is 12.3. The molecule has 0 bridgehead atoms. The van der Waals surface area contributed by atoms with E-state index in [0.717, 1.165) is 22.3 Å². The molecule has 0 aliphatic heterocycles. The summed E-state index contributed by atoms with van der Waals surface area (Å²) in [7, 11) is 1.61. The summed E-state index contributed by atoms with van der Waals surface area (Å²) in [5.41, 5.74) is 3.49. The molecule has 1 aromatic heterocycles. The maximum absolute atomic E-state index is 12.3. The number of nitrogens with zero attached hydrogens (tertiary/aromatic N) is 3. The fraction of sp³-hybridized carbons (Fsp3) is 0.174. The van der Waals surface area contributed by atoms with E-state index in [-0.39, 0.29) is 5.91 Å². The number of amides is 1.